The Kier molecular flexibility index (Phi) is 4.74. The molecular formula is C18H18N2O4. The molecule has 0 saturated carbocycles. The van der Waals surface area contributed by atoms with Crippen LogP contribution in [0.15, 0.2) is 42.7 Å². The van der Waals surface area contributed by atoms with Crippen LogP contribution < -0.4 is 14.8 Å². The predicted molar refractivity (Wildman–Crippen MR) is 87.3 cm³/mol. The highest BCUT2D eigenvalue weighted by molar-refractivity contribution is 6.42. The zero-order chi connectivity index (χ0) is 16.9. The highest BCUT2D eigenvalue weighted by Crippen LogP contribution is 2.30. The molecule has 1 aliphatic heterocycles. The highest BCUT2D eigenvalue weighted by Gasteiger charge is 2.23. The molecule has 1 aromatic carbocycles. The lowest BCUT2D eigenvalue weighted by Crippen LogP contribution is -2.38. The van der Waals surface area contributed by atoms with Crippen molar-refractivity contribution in [2.75, 3.05) is 20.3 Å². The van der Waals surface area contributed by atoms with E-state index < -0.39 is 11.7 Å². The van der Waals surface area contributed by atoms with Crippen LogP contribution in [0.1, 0.15) is 15.9 Å². The van der Waals surface area contributed by atoms with Crippen LogP contribution in [0.3, 0.4) is 0 Å². The number of ether oxygens (including phenoxy) is 2. The first-order valence-electron chi connectivity index (χ1n) is 7.69. The molecule has 124 valence electrons. The molecule has 1 atom stereocenters. The second-order valence-electron chi connectivity index (χ2n) is 5.64. The Labute approximate surface area is 139 Å². The van der Waals surface area contributed by atoms with Gasteiger partial charge in [-0.3, -0.25) is 14.6 Å². The Morgan fingerprint density at radius 1 is 1.38 bits per heavy atom. The number of nitrogens with zero attached hydrogens (tertiary/aromatic N) is 1. The van der Waals surface area contributed by atoms with Crippen molar-refractivity contribution in [3.8, 4) is 11.5 Å². The number of amides is 1. The summed E-state index contributed by atoms with van der Waals surface area (Å²) >= 11 is 0. The molecule has 0 aliphatic carbocycles. The molecule has 1 unspecified atom stereocenters. The number of methoxy groups -OCH3 is 1. The second-order valence-corrected chi connectivity index (χ2v) is 5.64. The van der Waals surface area contributed by atoms with E-state index in [1.54, 1.807) is 25.4 Å². The minimum atomic E-state index is -0.622. The third-order valence-corrected chi connectivity index (χ3v) is 3.94. The first kappa shape index (κ1) is 16.0. The number of ketones is 1. The van der Waals surface area contributed by atoms with Gasteiger partial charge >= 0.3 is 0 Å². The van der Waals surface area contributed by atoms with Crippen molar-refractivity contribution >= 4 is 11.7 Å². The van der Waals surface area contributed by atoms with Crippen LogP contribution in [0, 0.1) is 5.92 Å². The van der Waals surface area contributed by atoms with Crippen LogP contribution in [0.25, 0.3) is 0 Å². The van der Waals surface area contributed by atoms with Crippen molar-refractivity contribution in [1.29, 1.82) is 0 Å². The topological polar surface area (TPSA) is 77.5 Å². The Bertz CT molecular complexity index is 746. The number of hydrogen-bond donors (Lipinski definition) is 1. The average molecular weight is 326 g/mol. The normalized spacial score (nSPS) is 15.8. The van der Waals surface area contributed by atoms with E-state index in [-0.39, 0.29) is 11.5 Å². The van der Waals surface area contributed by atoms with Gasteiger partial charge in [0.15, 0.2) is 0 Å². The van der Waals surface area contributed by atoms with Gasteiger partial charge in [0.2, 0.25) is 0 Å². The minimum Gasteiger partial charge on any atom is -0.497 e. The van der Waals surface area contributed by atoms with E-state index >= 15 is 0 Å². The highest BCUT2D eigenvalue weighted by atomic mass is 16.5. The molecule has 24 heavy (non-hydrogen) atoms. The van der Waals surface area contributed by atoms with E-state index in [1.807, 2.05) is 18.2 Å². The predicted octanol–water partition coefficient (Wildman–Crippen LogP) is 1.64. The molecule has 1 aromatic heterocycles. The summed E-state index contributed by atoms with van der Waals surface area (Å²) in [5.74, 6) is 0.482. The van der Waals surface area contributed by atoms with Crippen LogP contribution in [0.2, 0.25) is 0 Å². The molecule has 0 fully saturated rings. The number of Topliss-reactive ketones (excluding diaryl/α,β-unsaturated/α-hetero) is 1. The number of pyridine rings is 1. The Balaban J connectivity index is 1.56. The molecule has 0 bridgehead atoms. The third kappa shape index (κ3) is 3.53. The van der Waals surface area contributed by atoms with Crippen molar-refractivity contribution in [3.63, 3.8) is 0 Å². The number of aromatic nitrogens is 1. The summed E-state index contributed by atoms with van der Waals surface area (Å²) in [6, 6.07) is 8.90. The zero-order valence-corrected chi connectivity index (χ0v) is 13.3. The lowest BCUT2D eigenvalue weighted by molar-refractivity contribution is -0.117. The van der Waals surface area contributed by atoms with Gasteiger partial charge in [-0.25, -0.2) is 0 Å². The standard InChI is InChI=1S/C18H18N2O4/c1-23-15-5-4-13-7-12(11-24-16(13)8-15)9-20-18(22)17(21)14-3-2-6-19-10-14/h2-6,8,10,12H,7,9,11H2,1H3,(H,20,22). The fourth-order valence-corrected chi connectivity index (χ4v) is 2.62. The first-order valence-corrected chi connectivity index (χ1v) is 7.69. The van der Waals surface area contributed by atoms with Crippen molar-refractivity contribution in [2.24, 2.45) is 5.92 Å². The van der Waals surface area contributed by atoms with Crippen LogP contribution in [-0.4, -0.2) is 36.9 Å². The van der Waals surface area contributed by atoms with Gasteiger partial charge < -0.3 is 14.8 Å². The number of hydrogen-bond acceptors (Lipinski definition) is 5. The third-order valence-electron chi connectivity index (χ3n) is 3.94. The Hall–Kier alpha value is -2.89. The molecular weight excluding hydrogens is 308 g/mol. The number of nitrogens with one attached hydrogen (secondary N) is 1. The average Bonchev–Trinajstić information content (AvgIpc) is 2.65. The lowest BCUT2D eigenvalue weighted by Gasteiger charge is -2.25. The van der Waals surface area contributed by atoms with Gasteiger partial charge in [0.05, 0.1) is 13.7 Å². The van der Waals surface area contributed by atoms with E-state index in [0.29, 0.717) is 13.2 Å². The van der Waals surface area contributed by atoms with E-state index in [0.717, 1.165) is 23.5 Å². The van der Waals surface area contributed by atoms with E-state index in [9.17, 15) is 9.59 Å². The second kappa shape index (κ2) is 7.12. The van der Waals surface area contributed by atoms with E-state index in [2.05, 4.69) is 10.3 Å². The summed E-state index contributed by atoms with van der Waals surface area (Å²) in [7, 11) is 1.61. The van der Waals surface area contributed by atoms with Crippen molar-refractivity contribution in [1.82, 2.24) is 10.3 Å². The van der Waals surface area contributed by atoms with Gasteiger partial charge in [-0.2, -0.15) is 0 Å². The van der Waals surface area contributed by atoms with Gasteiger partial charge in [-0.1, -0.05) is 6.07 Å². The van der Waals surface area contributed by atoms with Crippen molar-refractivity contribution in [3.05, 3.63) is 53.9 Å². The van der Waals surface area contributed by atoms with Crippen molar-refractivity contribution < 1.29 is 19.1 Å². The van der Waals surface area contributed by atoms with Gasteiger partial charge in [0.1, 0.15) is 11.5 Å². The van der Waals surface area contributed by atoms with Crippen LogP contribution in [0.5, 0.6) is 11.5 Å². The summed E-state index contributed by atoms with van der Waals surface area (Å²) in [6.07, 6.45) is 3.72. The maximum Gasteiger partial charge on any atom is 0.292 e. The number of rotatable bonds is 5. The number of benzene rings is 1. The fraction of sp³-hybridized carbons (Fsp3) is 0.278. The summed E-state index contributed by atoms with van der Waals surface area (Å²) < 4.78 is 10.9. The molecule has 0 radical (unpaired) electrons. The molecule has 2 aromatic rings. The van der Waals surface area contributed by atoms with Crippen LogP contribution in [-0.2, 0) is 11.2 Å². The summed E-state index contributed by atoms with van der Waals surface area (Å²) in [5.41, 5.74) is 1.35. The lowest BCUT2D eigenvalue weighted by atomic mass is 9.96. The molecule has 1 N–H and O–H groups in total. The molecule has 0 saturated heterocycles. The van der Waals surface area contributed by atoms with E-state index in [4.69, 9.17) is 9.47 Å². The summed E-state index contributed by atoms with van der Waals surface area (Å²) in [6.45, 7) is 0.873. The first-order chi connectivity index (χ1) is 11.7. The maximum atomic E-state index is 12.0. The number of carbonyl (C=O) groups excluding carboxylic acids is 2. The molecule has 2 heterocycles. The molecule has 1 amide bonds. The number of carbonyl (C=O) groups is 2. The smallest absolute Gasteiger partial charge is 0.292 e. The SMILES string of the molecule is COc1ccc2c(c1)OCC(CNC(=O)C(=O)c1cccnc1)C2. The molecule has 6 nitrogen and oxygen atoms in total. The van der Waals surface area contributed by atoms with Crippen LogP contribution in [0.4, 0.5) is 0 Å². The molecule has 6 heteroatoms. The zero-order valence-electron chi connectivity index (χ0n) is 13.3. The molecule has 3 rings (SSSR count). The van der Waals surface area contributed by atoms with Crippen molar-refractivity contribution in [2.45, 2.75) is 6.42 Å². The monoisotopic (exact) mass is 326 g/mol. The van der Waals surface area contributed by atoms with Gasteiger partial charge in [0, 0.05) is 36.5 Å². The van der Waals surface area contributed by atoms with Gasteiger partial charge in [-0.15, -0.1) is 0 Å². The molecule has 1 aliphatic rings. The van der Waals surface area contributed by atoms with Gasteiger partial charge in [-0.05, 0) is 30.2 Å². The summed E-state index contributed by atoms with van der Waals surface area (Å²) in [5, 5.41) is 2.68. The largest absolute Gasteiger partial charge is 0.497 e. The maximum absolute atomic E-state index is 12.0. The quantitative estimate of drug-likeness (QED) is 0.668. The van der Waals surface area contributed by atoms with Gasteiger partial charge in [0.25, 0.3) is 11.7 Å². The summed E-state index contributed by atoms with van der Waals surface area (Å²) in [4.78, 5) is 27.8. The van der Waals surface area contributed by atoms with E-state index in [1.165, 1.54) is 6.20 Å². The Morgan fingerprint density at radius 3 is 3.00 bits per heavy atom. The molecule has 0 spiro atoms. The minimum absolute atomic E-state index is 0.122. The number of fused-ring (bicyclic) bond motifs is 1. The van der Waals surface area contributed by atoms with Crippen LogP contribution >= 0.6 is 0 Å². The fourth-order valence-electron chi connectivity index (χ4n) is 2.62. The Morgan fingerprint density at radius 2 is 2.25 bits per heavy atom.